The van der Waals surface area contributed by atoms with E-state index in [0.29, 0.717) is 17.7 Å². The standard InChI is InChI=1S/C21H23N3O3/c1-14-9-16(11-23(2)21(14)26)20-22-18-10-15(13-25)6-7-19(18)24(20)12-17-5-3-4-8-27-17/h6-7,9-11,13,17H,3-5,8,12H2,1-2H3. The zero-order valence-electron chi connectivity index (χ0n) is 15.6. The summed E-state index contributed by atoms with van der Waals surface area (Å²) in [6.45, 7) is 3.31. The molecule has 0 saturated carbocycles. The Morgan fingerprint density at radius 2 is 2.15 bits per heavy atom. The van der Waals surface area contributed by atoms with E-state index >= 15 is 0 Å². The average Bonchev–Trinajstić information content (AvgIpc) is 3.04. The van der Waals surface area contributed by atoms with Crippen molar-refractivity contribution in [3.63, 3.8) is 0 Å². The van der Waals surface area contributed by atoms with Gasteiger partial charge in [0.15, 0.2) is 0 Å². The number of imidazole rings is 1. The predicted octanol–water partition coefficient (Wildman–Crippen LogP) is 3.09. The molecule has 6 nitrogen and oxygen atoms in total. The largest absolute Gasteiger partial charge is 0.376 e. The molecule has 0 spiro atoms. The number of benzene rings is 1. The molecule has 6 heteroatoms. The average molecular weight is 365 g/mol. The normalized spacial score (nSPS) is 17.3. The number of aryl methyl sites for hydroxylation is 2. The zero-order chi connectivity index (χ0) is 19.0. The van der Waals surface area contributed by atoms with Gasteiger partial charge in [0.1, 0.15) is 12.1 Å². The van der Waals surface area contributed by atoms with Crippen LogP contribution in [0.2, 0.25) is 0 Å². The molecular formula is C21H23N3O3. The second kappa shape index (κ2) is 7.12. The summed E-state index contributed by atoms with van der Waals surface area (Å²) >= 11 is 0. The van der Waals surface area contributed by atoms with Crippen LogP contribution in [0.1, 0.15) is 35.2 Å². The van der Waals surface area contributed by atoms with E-state index in [-0.39, 0.29) is 11.7 Å². The van der Waals surface area contributed by atoms with Gasteiger partial charge in [-0.1, -0.05) is 0 Å². The smallest absolute Gasteiger partial charge is 0.253 e. The highest BCUT2D eigenvalue weighted by atomic mass is 16.5. The topological polar surface area (TPSA) is 66.1 Å². The number of ether oxygens (including phenoxy) is 1. The molecule has 3 heterocycles. The first-order valence-electron chi connectivity index (χ1n) is 9.31. The van der Waals surface area contributed by atoms with E-state index in [1.165, 1.54) is 6.42 Å². The lowest BCUT2D eigenvalue weighted by molar-refractivity contribution is 0.00686. The van der Waals surface area contributed by atoms with Crippen LogP contribution < -0.4 is 5.56 Å². The number of nitrogens with zero attached hydrogens (tertiary/aromatic N) is 3. The Balaban J connectivity index is 1.88. The van der Waals surface area contributed by atoms with E-state index in [2.05, 4.69) is 4.57 Å². The van der Waals surface area contributed by atoms with E-state index in [4.69, 9.17) is 9.72 Å². The van der Waals surface area contributed by atoms with E-state index in [1.807, 2.05) is 31.3 Å². The monoisotopic (exact) mass is 365 g/mol. The fourth-order valence-electron chi connectivity index (χ4n) is 3.78. The Bertz CT molecular complexity index is 1030. The van der Waals surface area contributed by atoms with Gasteiger partial charge in [-0.2, -0.15) is 0 Å². The molecule has 0 N–H and O–H groups in total. The maximum absolute atomic E-state index is 12.1. The quantitative estimate of drug-likeness (QED) is 0.667. The number of pyridine rings is 1. The highest BCUT2D eigenvalue weighted by Crippen LogP contribution is 2.27. The van der Waals surface area contributed by atoms with Crippen LogP contribution in [0.15, 0.2) is 35.3 Å². The Hall–Kier alpha value is -2.73. The van der Waals surface area contributed by atoms with Crippen LogP contribution in [0.4, 0.5) is 0 Å². The summed E-state index contributed by atoms with van der Waals surface area (Å²) in [4.78, 5) is 28.1. The third-order valence-corrected chi connectivity index (χ3v) is 5.19. The van der Waals surface area contributed by atoms with Crippen molar-refractivity contribution in [1.29, 1.82) is 0 Å². The molecule has 1 aliphatic rings. The number of aldehydes is 1. The van der Waals surface area contributed by atoms with Gasteiger partial charge in [0.05, 0.1) is 23.7 Å². The van der Waals surface area contributed by atoms with E-state index in [0.717, 1.165) is 48.2 Å². The molecule has 1 aliphatic heterocycles. The Morgan fingerprint density at radius 1 is 1.30 bits per heavy atom. The van der Waals surface area contributed by atoms with Crippen LogP contribution >= 0.6 is 0 Å². The molecule has 0 amide bonds. The van der Waals surface area contributed by atoms with Gasteiger partial charge < -0.3 is 13.9 Å². The summed E-state index contributed by atoms with van der Waals surface area (Å²) in [5, 5.41) is 0. The number of rotatable bonds is 4. The Labute approximate surface area is 157 Å². The zero-order valence-corrected chi connectivity index (χ0v) is 15.6. The van der Waals surface area contributed by atoms with Crippen molar-refractivity contribution in [3.8, 4) is 11.4 Å². The minimum Gasteiger partial charge on any atom is -0.376 e. The molecule has 27 heavy (non-hydrogen) atoms. The summed E-state index contributed by atoms with van der Waals surface area (Å²) in [6.07, 6.45) is 6.10. The molecule has 0 bridgehead atoms. The molecule has 1 saturated heterocycles. The summed E-state index contributed by atoms with van der Waals surface area (Å²) in [6, 6.07) is 7.43. The molecule has 1 unspecified atom stereocenters. The lowest BCUT2D eigenvalue weighted by Crippen LogP contribution is -2.25. The number of fused-ring (bicyclic) bond motifs is 1. The van der Waals surface area contributed by atoms with Crippen LogP contribution in [0.25, 0.3) is 22.4 Å². The number of hydrogen-bond donors (Lipinski definition) is 0. The van der Waals surface area contributed by atoms with Crippen LogP contribution in [-0.4, -0.2) is 33.1 Å². The number of carbonyl (C=O) groups is 1. The second-order valence-electron chi connectivity index (χ2n) is 7.23. The van der Waals surface area contributed by atoms with Gasteiger partial charge >= 0.3 is 0 Å². The van der Waals surface area contributed by atoms with Crippen molar-refractivity contribution in [2.75, 3.05) is 6.61 Å². The fraction of sp³-hybridized carbons (Fsp3) is 0.381. The molecule has 1 fully saturated rings. The fourth-order valence-corrected chi connectivity index (χ4v) is 3.78. The van der Waals surface area contributed by atoms with Gasteiger partial charge in [-0.05, 0) is 50.5 Å². The minimum atomic E-state index is -0.0136. The lowest BCUT2D eigenvalue weighted by atomic mass is 10.1. The third-order valence-electron chi connectivity index (χ3n) is 5.19. The summed E-state index contributed by atoms with van der Waals surface area (Å²) in [5.41, 5.74) is 3.89. The third kappa shape index (κ3) is 3.32. The Kier molecular flexibility index (Phi) is 4.66. The molecule has 0 aliphatic carbocycles. The van der Waals surface area contributed by atoms with Gasteiger partial charge in [-0.3, -0.25) is 9.59 Å². The van der Waals surface area contributed by atoms with Gasteiger partial charge in [-0.15, -0.1) is 0 Å². The lowest BCUT2D eigenvalue weighted by Gasteiger charge is -2.24. The van der Waals surface area contributed by atoms with Crippen LogP contribution in [-0.2, 0) is 18.3 Å². The van der Waals surface area contributed by atoms with Crippen LogP contribution in [0, 0.1) is 6.92 Å². The van der Waals surface area contributed by atoms with Crippen molar-refractivity contribution in [3.05, 3.63) is 51.9 Å². The summed E-state index contributed by atoms with van der Waals surface area (Å²) < 4.78 is 9.68. The molecular weight excluding hydrogens is 342 g/mol. The molecule has 3 aromatic rings. The van der Waals surface area contributed by atoms with Gasteiger partial charge in [0, 0.05) is 36.5 Å². The second-order valence-corrected chi connectivity index (χ2v) is 7.23. The van der Waals surface area contributed by atoms with Gasteiger partial charge in [0.2, 0.25) is 0 Å². The first-order chi connectivity index (χ1) is 13.1. The molecule has 1 atom stereocenters. The van der Waals surface area contributed by atoms with E-state index in [9.17, 15) is 9.59 Å². The molecule has 4 rings (SSSR count). The predicted molar refractivity (Wildman–Crippen MR) is 104 cm³/mol. The summed E-state index contributed by atoms with van der Waals surface area (Å²) in [5.74, 6) is 0.793. The highest BCUT2D eigenvalue weighted by Gasteiger charge is 2.20. The van der Waals surface area contributed by atoms with E-state index < -0.39 is 0 Å². The van der Waals surface area contributed by atoms with Crippen molar-refractivity contribution < 1.29 is 9.53 Å². The SMILES string of the molecule is Cc1cc(-c2nc3cc(C=O)ccc3n2CC2CCCCO2)cn(C)c1=O. The molecule has 2 aromatic heterocycles. The van der Waals surface area contributed by atoms with Crippen LogP contribution in [0.3, 0.4) is 0 Å². The number of aromatic nitrogens is 3. The molecule has 0 radical (unpaired) electrons. The Morgan fingerprint density at radius 3 is 2.85 bits per heavy atom. The van der Waals surface area contributed by atoms with E-state index in [1.54, 1.807) is 17.7 Å². The maximum Gasteiger partial charge on any atom is 0.253 e. The van der Waals surface area contributed by atoms with Crippen molar-refractivity contribution >= 4 is 17.3 Å². The first-order valence-corrected chi connectivity index (χ1v) is 9.31. The number of hydrogen-bond acceptors (Lipinski definition) is 4. The summed E-state index contributed by atoms with van der Waals surface area (Å²) in [7, 11) is 1.75. The molecule has 140 valence electrons. The minimum absolute atomic E-state index is 0.0136. The van der Waals surface area contributed by atoms with Crippen molar-refractivity contribution in [1.82, 2.24) is 14.1 Å². The highest BCUT2D eigenvalue weighted by molar-refractivity contribution is 5.87. The maximum atomic E-state index is 12.1. The first kappa shape index (κ1) is 17.7. The van der Waals surface area contributed by atoms with Gasteiger partial charge in [0.25, 0.3) is 5.56 Å². The molecule has 1 aromatic carbocycles. The van der Waals surface area contributed by atoms with Gasteiger partial charge in [-0.25, -0.2) is 4.98 Å². The van der Waals surface area contributed by atoms with Crippen molar-refractivity contribution in [2.45, 2.75) is 38.8 Å². The number of carbonyl (C=O) groups excluding carboxylic acids is 1. The van der Waals surface area contributed by atoms with Crippen molar-refractivity contribution in [2.24, 2.45) is 7.05 Å². The van der Waals surface area contributed by atoms with Crippen LogP contribution in [0.5, 0.6) is 0 Å².